The molecule has 3 amide bonds. The van der Waals surface area contributed by atoms with Crippen LogP contribution in [0.2, 0.25) is 0 Å². The van der Waals surface area contributed by atoms with Crippen molar-refractivity contribution in [1.82, 2.24) is 9.88 Å². The molecule has 0 saturated heterocycles. The van der Waals surface area contributed by atoms with Crippen molar-refractivity contribution in [2.24, 2.45) is 11.5 Å². The Kier molecular flexibility index (Phi) is 6.05. The number of H-pyrrole nitrogens is 1. The first kappa shape index (κ1) is 20.0. The van der Waals surface area contributed by atoms with Crippen LogP contribution in [0.5, 0.6) is 0 Å². The maximum absolute atomic E-state index is 12.6. The lowest BCUT2D eigenvalue weighted by molar-refractivity contribution is -0.117. The molecule has 0 radical (unpaired) electrons. The third-order valence-corrected chi connectivity index (χ3v) is 5.47. The van der Waals surface area contributed by atoms with Gasteiger partial charge < -0.3 is 21.8 Å². The summed E-state index contributed by atoms with van der Waals surface area (Å²) < 4.78 is 0. The third-order valence-electron chi connectivity index (χ3n) is 4.59. The summed E-state index contributed by atoms with van der Waals surface area (Å²) in [5, 5.41) is 3.10. The van der Waals surface area contributed by atoms with Crippen molar-refractivity contribution in [2.75, 3.05) is 24.2 Å². The van der Waals surface area contributed by atoms with Crippen molar-refractivity contribution in [1.29, 1.82) is 0 Å². The number of aromatic amines is 1. The van der Waals surface area contributed by atoms with Crippen LogP contribution >= 0.6 is 11.8 Å². The zero-order valence-electron chi connectivity index (χ0n) is 15.6. The molecule has 8 nitrogen and oxygen atoms in total. The molecule has 6 N–H and O–H groups in total. The predicted octanol–water partition coefficient (Wildman–Crippen LogP) is 1.32. The van der Waals surface area contributed by atoms with Gasteiger partial charge in [0.1, 0.15) is 5.82 Å². The Morgan fingerprint density at radius 2 is 1.82 bits per heavy atom. The molecule has 0 aliphatic carbocycles. The van der Waals surface area contributed by atoms with Gasteiger partial charge >= 0.3 is 0 Å². The fourth-order valence-corrected chi connectivity index (χ4v) is 4.19. The van der Waals surface area contributed by atoms with Crippen LogP contribution in [0.1, 0.15) is 38.8 Å². The predicted molar refractivity (Wildman–Crippen MR) is 108 cm³/mol. The van der Waals surface area contributed by atoms with Gasteiger partial charge in [-0.25, -0.2) is 0 Å². The largest absolute Gasteiger partial charge is 0.365 e. The molecule has 0 spiro atoms. The van der Waals surface area contributed by atoms with E-state index in [4.69, 9.17) is 11.5 Å². The molecule has 9 heteroatoms. The van der Waals surface area contributed by atoms with E-state index in [9.17, 15) is 14.4 Å². The minimum Gasteiger partial charge on any atom is -0.365 e. The van der Waals surface area contributed by atoms with E-state index < -0.39 is 11.8 Å². The van der Waals surface area contributed by atoms with Gasteiger partial charge in [-0.2, -0.15) is 0 Å². The van der Waals surface area contributed by atoms with Gasteiger partial charge in [0.2, 0.25) is 5.91 Å². The molecule has 1 aromatic heterocycles. The van der Waals surface area contributed by atoms with Gasteiger partial charge in [-0.15, -0.1) is 11.8 Å². The van der Waals surface area contributed by atoms with E-state index in [1.165, 1.54) is 22.9 Å². The zero-order chi connectivity index (χ0) is 20.3. The van der Waals surface area contributed by atoms with E-state index in [0.717, 1.165) is 13.0 Å². The summed E-state index contributed by atoms with van der Waals surface area (Å²) in [6.45, 7) is 3.50. The molecule has 1 aromatic carbocycles. The van der Waals surface area contributed by atoms with Crippen LogP contribution in [-0.4, -0.2) is 46.4 Å². The van der Waals surface area contributed by atoms with E-state index in [0.29, 0.717) is 17.3 Å². The standard InChI is InChI=1S/C19H23N5O3S/c1-2-28-19-15(17(21)27)14(16(20)26)18(23-19)22-13(25)10-24-8-7-11-5-3-4-6-12(11)9-24/h3-6,23H,2,7-10H2,1H3,(H2,20,26)(H2,21,27)(H,22,25). The second-order valence-electron chi connectivity index (χ2n) is 6.52. The number of rotatable bonds is 7. The highest BCUT2D eigenvalue weighted by molar-refractivity contribution is 7.99. The van der Waals surface area contributed by atoms with E-state index in [2.05, 4.69) is 22.4 Å². The van der Waals surface area contributed by atoms with Gasteiger partial charge in [0, 0.05) is 13.1 Å². The van der Waals surface area contributed by atoms with Crippen molar-refractivity contribution >= 4 is 35.3 Å². The van der Waals surface area contributed by atoms with Gasteiger partial charge in [0.25, 0.3) is 11.8 Å². The molecule has 2 aromatic rings. The van der Waals surface area contributed by atoms with Gasteiger partial charge in [0.15, 0.2) is 0 Å². The van der Waals surface area contributed by atoms with Crippen LogP contribution in [0.15, 0.2) is 29.3 Å². The number of anilines is 1. The summed E-state index contributed by atoms with van der Waals surface area (Å²) in [7, 11) is 0. The molecule has 0 saturated carbocycles. The first-order valence-corrected chi connectivity index (χ1v) is 9.96. The van der Waals surface area contributed by atoms with Crippen molar-refractivity contribution < 1.29 is 14.4 Å². The van der Waals surface area contributed by atoms with Gasteiger partial charge in [-0.3, -0.25) is 19.3 Å². The van der Waals surface area contributed by atoms with Crippen molar-refractivity contribution in [3.63, 3.8) is 0 Å². The fraction of sp³-hybridized carbons (Fsp3) is 0.316. The Morgan fingerprint density at radius 1 is 1.14 bits per heavy atom. The molecule has 1 aliphatic heterocycles. The summed E-state index contributed by atoms with van der Waals surface area (Å²) in [6, 6.07) is 8.16. The molecular formula is C19H23N5O3S. The molecule has 0 bridgehead atoms. The number of nitrogens with one attached hydrogen (secondary N) is 2. The second-order valence-corrected chi connectivity index (χ2v) is 7.79. The molecule has 0 unspecified atom stereocenters. The molecule has 3 rings (SSSR count). The minimum atomic E-state index is -0.824. The van der Waals surface area contributed by atoms with Crippen LogP contribution in [0.3, 0.4) is 0 Å². The van der Waals surface area contributed by atoms with Crippen molar-refractivity contribution in [3.05, 3.63) is 46.5 Å². The second kappa shape index (κ2) is 8.49. The highest BCUT2D eigenvalue weighted by Gasteiger charge is 2.27. The SMILES string of the molecule is CCSc1[nH]c(NC(=O)CN2CCc3ccccc3C2)c(C(N)=O)c1C(N)=O. The molecule has 1 aliphatic rings. The maximum Gasteiger partial charge on any atom is 0.253 e. The van der Waals surface area contributed by atoms with E-state index in [1.807, 2.05) is 24.0 Å². The number of nitrogens with zero attached hydrogens (tertiary/aromatic N) is 1. The van der Waals surface area contributed by atoms with Crippen molar-refractivity contribution in [2.45, 2.75) is 24.9 Å². The van der Waals surface area contributed by atoms with Gasteiger partial charge in [-0.1, -0.05) is 31.2 Å². The number of carbonyl (C=O) groups is 3. The van der Waals surface area contributed by atoms with Crippen LogP contribution < -0.4 is 16.8 Å². The van der Waals surface area contributed by atoms with Gasteiger partial charge in [0.05, 0.1) is 22.7 Å². The molecule has 0 atom stereocenters. The average Bonchev–Trinajstić information content (AvgIpc) is 3.00. The normalized spacial score (nSPS) is 13.8. The number of hydrogen-bond donors (Lipinski definition) is 4. The summed E-state index contributed by atoms with van der Waals surface area (Å²) in [6.07, 6.45) is 0.877. The molecular weight excluding hydrogens is 378 g/mol. The van der Waals surface area contributed by atoms with E-state index in [-0.39, 0.29) is 29.4 Å². The Hall–Kier alpha value is -2.78. The number of carbonyl (C=O) groups excluding carboxylic acids is 3. The maximum atomic E-state index is 12.6. The lowest BCUT2D eigenvalue weighted by Gasteiger charge is -2.28. The monoisotopic (exact) mass is 401 g/mol. The Morgan fingerprint density at radius 3 is 2.46 bits per heavy atom. The number of fused-ring (bicyclic) bond motifs is 1. The molecule has 2 heterocycles. The summed E-state index contributed by atoms with van der Waals surface area (Å²) >= 11 is 1.31. The smallest absolute Gasteiger partial charge is 0.253 e. The zero-order valence-corrected chi connectivity index (χ0v) is 16.4. The third kappa shape index (κ3) is 4.20. The number of aromatic nitrogens is 1. The lowest BCUT2D eigenvalue weighted by Crippen LogP contribution is -2.37. The summed E-state index contributed by atoms with van der Waals surface area (Å²) in [4.78, 5) is 41.2. The number of amides is 3. The Bertz CT molecular complexity index is 924. The van der Waals surface area contributed by atoms with Gasteiger partial charge in [-0.05, 0) is 23.3 Å². The number of thioether (sulfide) groups is 1. The lowest BCUT2D eigenvalue weighted by atomic mass is 10.00. The van der Waals surface area contributed by atoms with Crippen LogP contribution in [0, 0.1) is 0 Å². The minimum absolute atomic E-state index is 0.0153. The molecule has 148 valence electrons. The number of primary amides is 2. The average molecular weight is 401 g/mol. The van der Waals surface area contributed by atoms with E-state index in [1.54, 1.807) is 0 Å². The summed E-state index contributed by atoms with van der Waals surface area (Å²) in [5.74, 6) is -1.13. The fourth-order valence-electron chi connectivity index (χ4n) is 3.38. The van der Waals surface area contributed by atoms with Crippen LogP contribution in [-0.2, 0) is 17.8 Å². The number of hydrogen-bond acceptors (Lipinski definition) is 5. The first-order chi connectivity index (χ1) is 13.4. The molecule has 0 fully saturated rings. The van der Waals surface area contributed by atoms with Crippen LogP contribution in [0.25, 0.3) is 0 Å². The highest BCUT2D eigenvalue weighted by Crippen LogP contribution is 2.30. The Balaban J connectivity index is 1.76. The van der Waals surface area contributed by atoms with Crippen molar-refractivity contribution in [3.8, 4) is 0 Å². The number of nitrogens with two attached hydrogens (primary N) is 2. The summed E-state index contributed by atoms with van der Waals surface area (Å²) in [5.41, 5.74) is 13.3. The quantitative estimate of drug-likeness (QED) is 0.519. The molecule has 28 heavy (non-hydrogen) atoms. The number of benzene rings is 1. The van der Waals surface area contributed by atoms with E-state index >= 15 is 0 Å². The highest BCUT2D eigenvalue weighted by atomic mass is 32.2. The van der Waals surface area contributed by atoms with Crippen LogP contribution in [0.4, 0.5) is 5.82 Å². The topological polar surface area (TPSA) is 134 Å². The Labute approximate surface area is 167 Å². The first-order valence-electron chi connectivity index (χ1n) is 8.98.